The van der Waals surface area contributed by atoms with Crippen LogP contribution in [0, 0.1) is 5.92 Å². The van der Waals surface area contributed by atoms with Crippen LogP contribution in [0.2, 0.25) is 0 Å². The van der Waals surface area contributed by atoms with Crippen LogP contribution in [0.25, 0.3) is 0 Å². The number of imide groups is 1. The number of rotatable bonds is 10. The number of aromatic amines is 1. The number of thioether (sulfide) groups is 1. The molecular weight excluding hydrogens is 610 g/mol. The number of nitrogens with one attached hydrogen (secondary N) is 2. The molecule has 5 atom stereocenters. The Kier molecular flexibility index (Phi) is 9.73. The highest BCUT2D eigenvalue weighted by atomic mass is 32.2. The lowest BCUT2D eigenvalue weighted by molar-refractivity contribution is -0.268. The first kappa shape index (κ1) is 31.4. The van der Waals surface area contributed by atoms with Crippen molar-refractivity contribution in [2.45, 2.75) is 56.3 Å². The molecule has 2 aliphatic rings. The van der Waals surface area contributed by atoms with Gasteiger partial charge in [0.1, 0.15) is 19.0 Å². The lowest BCUT2D eigenvalue weighted by atomic mass is 9.91. The van der Waals surface area contributed by atoms with E-state index in [0.29, 0.717) is 22.2 Å². The number of benzene rings is 3. The Morgan fingerprint density at radius 3 is 2.59 bits per heavy atom. The number of ether oxygens (including phenoxy) is 3. The molecule has 0 spiro atoms. The van der Waals surface area contributed by atoms with E-state index in [1.165, 1.54) is 18.1 Å². The normalized spacial score (nSPS) is 23.0. The van der Waals surface area contributed by atoms with E-state index < -0.39 is 30.2 Å². The second kappa shape index (κ2) is 14.3. The number of anilines is 1. The van der Waals surface area contributed by atoms with Crippen molar-refractivity contribution in [3.8, 4) is 0 Å². The fourth-order valence-electron chi connectivity index (χ4n) is 5.47. The predicted molar refractivity (Wildman–Crippen MR) is 167 cm³/mol. The summed E-state index contributed by atoms with van der Waals surface area (Å²) in [5, 5.41) is 19.5. The third kappa shape index (κ3) is 7.12. The maximum atomic E-state index is 13.3. The molecule has 46 heavy (non-hydrogen) atoms. The van der Waals surface area contributed by atoms with Crippen molar-refractivity contribution in [2.24, 2.45) is 5.92 Å². The van der Waals surface area contributed by atoms with Crippen LogP contribution in [-0.2, 0) is 37.0 Å². The standard InChI is InChI=1S/C33H33N5O7S/c1-20-27(18-46-32-34-19-35-37-32)44-31(45-29(20)23-12-10-21(16-39)11-13-23)24-8-5-9-25(14-24)38-28(40)15-26(30(38)41)36-33(42)43-17-22-6-3-2-4-7-22/h2-14,19-20,26-27,29,31,39H,15-18H2,1H3,(H,36,42)(H,34,35,37). The van der Waals surface area contributed by atoms with Gasteiger partial charge in [-0.2, -0.15) is 5.10 Å². The summed E-state index contributed by atoms with van der Waals surface area (Å²) >= 11 is 1.48. The molecule has 3 amide bonds. The Bertz CT molecular complexity index is 1650. The number of aromatic nitrogens is 3. The molecule has 12 nitrogen and oxygen atoms in total. The molecule has 238 valence electrons. The number of aliphatic hydroxyl groups excluding tert-OH is 1. The monoisotopic (exact) mass is 643 g/mol. The van der Waals surface area contributed by atoms with Crippen LogP contribution >= 0.6 is 11.8 Å². The van der Waals surface area contributed by atoms with Crippen LogP contribution in [0.4, 0.5) is 10.5 Å². The van der Waals surface area contributed by atoms with E-state index in [2.05, 4.69) is 27.4 Å². The van der Waals surface area contributed by atoms with Gasteiger partial charge in [0.15, 0.2) is 11.4 Å². The van der Waals surface area contributed by atoms with Gasteiger partial charge in [-0.25, -0.2) is 14.7 Å². The summed E-state index contributed by atoms with van der Waals surface area (Å²) in [7, 11) is 0. The van der Waals surface area contributed by atoms with Crippen LogP contribution in [0.1, 0.15) is 48.0 Å². The second-order valence-corrected chi connectivity index (χ2v) is 12.1. The van der Waals surface area contributed by atoms with Crippen LogP contribution in [0.15, 0.2) is 90.3 Å². The third-order valence-electron chi connectivity index (χ3n) is 7.95. The highest BCUT2D eigenvalue weighted by Crippen LogP contribution is 2.43. The van der Waals surface area contributed by atoms with E-state index in [1.807, 2.05) is 60.7 Å². The average molecular weight is 644 g/mol. The van der Waals surface area contributed by atoms with E-state index in [4.69, 9.17) is 14.2 Å². The molecule has 2 fully saturated rings. The van der Waals surface area contributed by atoms with Crippen LogP contribution in [-0.4, -0.2) is 56.1 Å². The molecule has 3 N–H and O–H groups in total. The highest BCUT2D eigenvalue weighted by Gasteiger charge is 2.42. The van der Waals surface area contributed by atoms with Crippen molar-refractivity contribution in [2.75, 3.05) is 10.7 Å². The number of nitrogens with zero attached hydrogens (tertiary/aromatic N) is 3. The minimum Gasteiger partial charge on any atom is -0.445 e. The maximum absolute atomic E-state index is 13.3. The van der Waals surface area contributed by atoms with E-state index in [9.17, 15) is 19.5 Å². The number of hydrogen-bond acceptors (Lipinski definition) is 10. The molecule has 2 aliphatic heterocycles. The van der Waals surface area contributed by atoms with E-state index in [0.717, 1.165) is 21.6 Å². The van der Waals surface area contributed by atoms with Crippen LogP contribution in [0.3, 0.4) is 0 Å². The Hall–Kier alpha value is -4.56. The SMILES string of the molecule is CC1C(CSc2ncn[nH]2)OC(c2cccc(N3C(=O)CC(NC(=O)OCc4ccccc4)C3=O)c2)OC1c1ccc(CO)cc1. The van der Waals surface area contributed by atoms with Crippen molar-refractivity contribution in [3.63, 3.8) is 0 Å². The maximum Gasteiger partial charge on any atom is 0.408 e. The zero-order valence-electron chi connectivity index (χ0n) is 24.9. The first-order valence-electron chi connectivity index (χ1n) is 14.8. The molecule has 0 saturated carbocycles. The molecule has 1 aromatic heterocycles. The van der Waals surface area contributed by atoms with Crippen molar-refractivity contribution in [3.05, 3.63) is 107 Å². The quantitative estimate of drug-likeness (QED) is 0.167. The molecule has 3 heterocycles. The first-order chi connectivity index (χ1) is 22.4. The summed E-state index contributed by atoms with van der Waals surface area (Å²) in [5.74, 6) is -0.484. The number of carbonyl (C=O) groups excluding carboxylic acids is 3. The summed E-state index contributed by atoms with van der Waals surface area (Å²) in [6.07, 6.45) is -0.939. The van der Waals surface area contributed by atoms with Gasteiger partial charge in [0.05, 0.1) is 30.9 Å². The zero-order valence-corrected chi connectivity index (χ0v) is 25.8. The predicted octanol–water partition coefficient (Wildman–Crippen LogP) is 4.44. The molecule has 6 rings (SSSR count). The van der Waals surface area contributed by atoms with Crippen molar-refractivity contribution >= 4 is 35.4 Å². The smallest absolute Gasteiger partial charge is 0.408 e. The van der Waals surface area contributed by atoms with Crippen molar-refractivity contribution in [1.82, 2.24) is 20.5 Å². The zero-order chi connectivity index (χ0) is 32.0. The van der Waals surface area contributed by atoms with Gasteiger partial charge in [0.2, 0.25) is 5.91 Å². The molecule has 2 saturated heterocycles. The first-order valence-corrected chi connectivity index (χ1v) is 15.8. The topological polar surface area (TPSA) is 156 Å². The molecule has 4 aromatic rings. The average Bonchev–Trinajstić information content (AvgIpc) is 3.70. The van der Waals surface area contributed by atoms with Crippen LogP contribution < -0.4 is 10.2 Å². The van der Waals surface area contributed by atoms with Gasteiger partial charge in [-0.05, 0) is 28.8 Å². The van der Waals surface area contributed by atoms with E-state index in [-0.39, 0.29) is 37.8 Å². The second-order valence-electron chi connectivity index (χ2n) is 11.0. The highest BCUT2D eigenvalue weighted by molar-refractivity contribution is 7.99. The summed E-state index contributed by atoms with van der Waals surface area (Å²) < 4.78 is 18.3. The number of alkyl carbamates (subject to hydrolysis) is 1. The summed E-state index contributed by atoms with van der Waals surface area (Å²) in [5.41, 5.74) is 3.49. The fraction of sp³-hybridized carbons (Fsp3) is 0.303. The number of hydrogen-bond donors (Lipinski definition) is 3. The van der Waals surface area contributed by atoms with Crippen LogP contribution in [0.5, 0.6) is 0 Å². The third-order valence-corrected chi connectivity index (χ3v) is 8.92. The molecule has 0 aliphatic carbocycles. The lowest BCUT2D eigenvalue weighted by Gasteiger charge is -2.41. The van der Waals surface area contributed by atoms with Gasteiger partial charge in [0, 0.05) is 17.2 Å². The minimum absolute atomic E-state index is 0.0395. The number of H-pyrrole nitrogens is 1. The van der Waals surface area contributed by atoms with Crippen molar-refractivity contribution in [1.29, 1.82) is 0 Å². The number of aliphatic hydroxyl groups is 1. The van der Waals surface area contributed by atoms with E-state index in [1.54, 1.807) is 18.2 Å². The van der Waals surface area contributed by atoms with Gasteiger partial charge in [-0.1, -0.05) is 85.4 Å². The summed E-state index contributed by atoms with van der Waals surface area (Å²) in [6.45, 7) is 2.04. The van der Waals surface area contributed by atoms with Gasteiger partial charge >= 0.3 is 6.09 Å². The van der Waals surface area contributed by atoms with E-state index >= 15 is 0 Å². The summed E-state index contributed by atoms with van der Waals surface area (Å²) in [6, 6.07) is 22.6. The summed E-state index contributed by atoms with van der Waals surface area (Å²) in [4.78, 5) is 44.1. The molecule has 0 bridgehead atoms. The Labute approximate surface area is 269 Å². The Morgan fingerprint density at radius 2 is 1.85 bits per heavy atom. The number of carbonyl (C=O) groups is 3. The largest absolute Gasteiger partial charge is 0.445 e. The van der Waals surface area contributed by atoms with Gasteiger partial charge in [-0.3, -0.25) is 14.7 Å². The van der Waals surface area contributed by atoms with Gasteiger partial charge in [0.25, 0.3) is 5.91 Å². The molecule has 5 unspecified atom stereocenters. The molecule has 13 heteroatoms. The lowest BCUT2D eigenvalue weighted by Crippen LogP contribution is -2.42. The van der Waals surface area contributed by atoms with Gasteiger partial charge in [-0.15, -0.1) is 0 Å². The Balaban J connectivity index is 1.18. The molecular formula is C33H33N5O7S. The van der Waals surface area contributed by atoms with Gasteiger partial charge < -0.3 is 24.6 Å². The Morgan fingerprint density at radius 1 is 1.04 bits per heavy atom. The minimum atomic E-state index is -1.05. The number of amides is 3. The fourth-order valence-corrected chi connectivity index (χ4v) is 6.41. The molecule has 3 aromatic carbocycles. The molecule has 0 radical (unpaired) electrons. The van der Waals surface area contributed by atoms with Crippen molar-refractivity contribution < 1.29 is 33.7 Å².